The molecule has 110 valence electrons. The highest BCUT2D eigenvalue weighted by atomic mass is 127. The van der Waals surface area contributed by atoms with E-state index in [1.165, 1.54) is 3.57 Å². The van der Waals surface area contributed by atoms with Crippen LogP contribution in [0, 0.1) is 10.5 Å². The van der Waals surface area contributed by atoms with E-state index in [2.05, 4.69) is 38.9 Å². The average Bonchev–Trinajstić information content (AvgIpc) is 2.31. The first-order chi connectivity index (χ1) is 9.44. The van der Waals surface area contributed by atoms with E-state index in [-0.39, 0.29) is 18.1 Å². The largest absolute Gasteiger partial charge is 0.373 e. The number of carbonyl (C=O) groups excluding carboxylic acids is 1. The van der Waals surface area contributed by atoms with Gasteiger partial charge in [-0.05, 0) is 67.1 Å². The number of benzene rings is 1. The van der Waals surface area contributed by atoms with Gasteiger partial charge in [-0.2, -0.15) is 0 Å². The molecule has 1 aromatic carbocycles. The van der Waals surface area contributed by atoms with E-state index in [0.717, 1.165) is 24.3 Å². The number of nitrogens with one attached hydrogen (secondary N) is 1. The Bertz CT molecular complexity index is 483. The third-order valence-corrected chi connectivity index (χ3v) is 4.00. The fourth-order valence-electron chi connectivity index (χ4n) is 2.57. The third kappa shape index (κ3) is 4.43. The standard InChI is InChI=1S/C15H21IN2O2/c1-10-6-13(16)4-5-14(10)17-15(19)9-18-7-11(2)20-12(3)8-18/h4-6,11-12H,7-9H2,1-3H3,(H,17,19). The summed E-state index contributed by atoms with van der Waals surface area (Å²) in [7, 11) is 0. The Hall–Kier alpha value is -0.660. The molecule has 4 nitrogen and oxygen atoms in total. The summed E-state index contributed by atoms with van der Waals surface area (Å²) in [6.07, 6.45) is 0.373. The Morgan fingerprint density at radius 3 is 2.65 bits per heavy atom. The molecular formula is C15H21IN2O2. The summed E-state index contributed by atoms with van der Waals surface area (Å²) in [5, 5.41) is 2.99. The molecule has 1 fully saturated rings. The molecule has 2 rings (SSSR count). The first kappa shape index (κ1) is 15.7. The van der Waals surface area contributed by atoms with Crippen LogP contribution >= 0.6 is 22.6 Å². The predicted octanol–water partition coefficient (Wildman–Crippen LogP) is 2.65. The summed E-state index contributed by atoms with van der Waals surface area (Å²) in [5.41, 5.74) is 1.98. The average molecular weight is 388 g/mol. The molecule has 0 spiro atoms. The van der Waals surface area contributed by atoms with Crippen LogP contribution in [0.5, 0.6) is 0 Å². The van der Waals surface area contributed by atoms with Crippen LogP contribution in [0.3, 0.4) is 0 Å². The van der Waals surface area contributed by atoms with Gasteiger partial charge in [0.2, 0.25) is 5.91 Å². The van der Waals surface area contributed by atoms with E-state index < -0.39 is 0 Å². The fourth-order valence-corrected chi connectivity index (χ4v) is 3.22. The number of ether oxygens (including phenoxy) is 1. The van der Waals surface area contributed by atoms with Crippen molar-refractivity contribution in [2.45, 2.75) is 33.0 Å². The molecule has 5 heteroatoms. The van der Waals surface area contributed by atoms with Crippen molar-refractivity contribution in [2.24, 2.45) is 0 Å². The quantitative estimate of drug-likeness (QED) is 0.810. The number of hydrogen-bond acceptors (Lipinski definition) is 3. The molecule has 0 bridgehead atoms. The van der Waals surface area contributed by atoms with Gasteiger partial charge in [-0.3, -0.25) is 9.69 Å². The van der Waals surface area contributed by atoms with Gasteiger partial charge in [0.25, 0.3) is 0 Å². The number of carbonyl (C=O) groups is 1. The number of amides is 1. The number of morpholine rings is 1. The first-order valence-electron chi connectivity index (χ1n) is 6.88. The Labute approximate surface area is 134 Å². The van der Waals surface area contributed by atoms with E-state index in [4.69, 9.17) is 4.74 Å². The Kier molecular flexibility index (Phi) is 5.40. The van der Waals surface area contributed by atoms with Crippen LogP contribution in [0.4, 0.5) is 5.69 Å². The molecule has 1 aromatic rings. The van der Waals surface area contributed by atoms with Crippen LogP contribution in [-0.2, 0) is 9.53 Å². The Morgan fingerprint density at radius 2 is 2.05 bits per heavy atom. The van der Waals surface area contributed by atoms with Crippen molar-refractivity contribution in [1.82, 2.24) is 4.90 Å². The molecular weight excluding hydrogens is 367 g/mol. The Balaban J connectivity index is 1.92. The van der Waals surface area contributed by atoms with Crippen LogP contribution in [0.15, 0.2) is 18.2 Å². The van der Waals surface area contributed by atoms with E-state index in [1.54, 1.807) is 0 Å². The monoisotopic (exact) mass is 388 g/mol. The summed E-state index contributed by atoms with van der Waals surface area (Å²) < 4.78 is 6.85. The second-order valence-electron chi connectivity index (χ2n) is 5.46. The van der Waals surface area contributed by atoms with Gasteiger partial charge >= 0.3 is 0 Å². The molecule has 1 aliphatic heterocycles. The predicted molar refractivity (Wildman–Crippen MR) is 89.0 cm³/mol. The molecule has 1 aliphatic rings. The van der Waals surface area contributed by atoms with Gasteiger partial charge in [0, 0.05) is 22.3 Å². The molecule has 20 heavy (non-hydrogen) atoms. The molecule has 1 N–H and O–H groups in total. The molecule has 2 atom stereocenters. The highest BCUT2D eigenvalue weighted by Gasteiger charge is 2.23. The molecule has 1 heterocycles. The van der Waals surface area contributed by atoms with Crippen molar-refractivity contribution in [1.29, 1.82) is 0 Å². The molecule has 1 amide bonds. The van der Waals surface area contributed by atoms with Crippen molar-refractivity contribution >= 4 is 34.2 Å². The minimum Gasteiger partial charge on any atom is -0.373 e. The maximum Gasteiger partial charge on any atom is 0.238 e. The zero-order valence-electron chi connectivity index (χ0n) is 12.1. The normalized spacial score (nSPS) is 23.6. The van der Waals surface area contributed by atoms with Gasteiger partial charge in [0.1, 0.15) is 0 Å². The van der Waals surface area contributed by atoms with Crippen LogP contribution < -0.4 is 5.32 Å². The minimum atomic E-state index is 0.0376. The zero-order chi connectivity index (χ0) is 14.7. The van der Waals surface area contributed by atoms with E-state index in [1.807, 2.05) is 32.9 Å². The van der Waals surface area contributed by atoms with Crippen LogP contribution in [0.1, 0.15) is 19.4 Å². The van der Waals surface area contributed by atoms with Crippen molar-refractivity contribution < 1.29 is 9.53 Å². The maximum atomic E-state index is 12.1. The second kappa shape index (κ2) is 6.87. The highest BCUT2D eigenvalue weighted by molar-refractivity contribution is 14.1. The molecule has 0 radical (unpaired) electrons. The summed E-state index contributed by atoms with van der Waals surface area (Å²) in [6.45, 7) is 8.14. The van der Waals surface area contributed by atoms with Crippen LogP contribution in [0.25, 0.3) is 0 Å². The summed E-state index contributed by atoms with van der Waals surface area (Å²) in [6, 6.07) is 6.02. The van der Waals surface area contributed by atoms with E-state index >= 15 is 0 Å². The lowest BCUT2D eigenvalue weighted by atomic mass is 10.2. The molecule has 0 aromatic heterocycles. The second-order valence-corrected chi connectivity index (χ2v) is 6.70. The first-order valence-corrected chi connectivity index (χ1v) is 7.95. The zero-order valence-corrected chi connectivity index (χ0v) is 14.3. The molecule has 1 saturated heterocycles. The van der Waals surface area contributed by atoms with Gasteiger partial charge in [-0.25, -0.2) is 0 Å². The summed E-state index contributed by atoms with van der Waals surface area (Å²) >= 11 is 2.27. The van der Waals surface area contributed by atoms with Gasteiger partial charge in [-0.15, -0.1) is 0 Å². The van der Waals surface area contributed by atoms with Gasteiger partial charge < -0.3 is 10.1 Å². The van der Waals surface area contributed by atoms with E-state index in [9.17, 15) is 4.79 Å². The molecule has 0 aliphatic carbocycles. The number of nitrogens with zero attached hydrogens (tertiary/aromatic N) is 1. The SMILES string of the molecule is Cc1cc(I)ccc1NC(=O)CN1CC(C)OC(C)C1. The number of rotatable bonds is 3. The number of aryl methyl sites for hydroxylation is 1. The fraction of sp³-hybridized carbons (Fsp3) is 0.533. The van der Waals surface area contributed by atoms with Crippen LogP contribution in [0.2, 0.25) is 0 Å². The van der Waals surface area contributed by atoms with Gasteiger partial charge in [0.05, 0.1) is 18.8 Å². The lowest BCUT2D eigenvalue weighted by Crippen LogP contribution is -2.48. The summed E-state index contributed by atoms with van der Waals surface area (Å²) in [5.74, 6) is 0.0376. The van der Waals surface area contributed by atoms with Gasteiger partial charge in [-0.1, -0.05) is 0 Å². The van der Waals surface area contributed by atoms with Crippen molar-refractivity contribution in [2.75, 3.05) is 25.0 Å². The number of anilines is 1. The van der Waals surface area contributed by atoms with Crippen LogP contribution in [-0.4, -0.2) is 42.6 Å². The Morgan fingerprint density at radius 1 is 1.40 bits per heavy atom. The smallest absolute Gasteiger partial charge is 0.238 e. The lowest BCUT2D eigenvalue weighted by molar-refractivity contribution is -0.121. The van der Waals surface area contributed by atoms with Crippen molar-refractivity contribution in [3.8, 4) is 0 Å². The maximum absolute atomic E-state index is 12.1. The van der Waals surface area contributed by atoms with Crippen molar-refractivity contribution in [3.05, 3.63) is 27.3 Å². The highest BCUT2D eigenvalue weighted by Crippen LogP contribution is 2.18. The van der Waals surface area contributed by atoms with Gasteiger partial charge in [0.15, 0.2) is 0 Å². The molecule has 2 unspecified atom stereocenters. The van der Waals surface area contributed by atoms with Crippen molar-refractivity contribution in [3.63, 3.8) is 0 Å². The number of hydrogen-bond donors (Lipinski definition) is 1. The minimum absolute atomic E-state index is 0.0376. The summed E-state index contributed by atoms with van der Waals surface area (Å²) in [4.78, 5) is 14.3. The van der Waals surface area contributed by atoms with E-state index in [0.29, 0.717) is 6.54 Å². The lowest BCUT2D eigenvalue weighted by Gasteiger charge is -2.34. The molecule has 0 saturated carbocycles. The topological polar surface area (TPSA) is 41.6 Å². The number of halogens is 1. The third-order valence-electron chi connectivity index (χ3n) is 3.32.